The molecule has 0 aliphatic carbocycles. The van der Waals surface area contributed by atoms with Gasteiger partial charge in [0, 0.05) is 18.8 Å². The average molecular weight is 281 g/mol. The Hall–Kier alpha value is -1.87. The van der Waals surface area contributed by atoms with E-state index in [-0.39, 0.29) is 0 Å². The molecule has 110 valence electrons. The molecule has 1 aliphatic rings. The third-order valence-corrected chi connectivity index (χ3v) is 3.91. The second-order valence-electron chi connectivity index (χ2n) is 5.55. The molecule has 0 amide bonds. The van der Waals surface area contributed by atoms with Gasteiger partial charge in [-0.2, -0.15) is 0 Å². The molecule has 2 aromatic rings. The van der Waals surface area contributed by atoms with Crippen LogP contribution in [0.2, 0.25) is 0 Å². The number of nitrogens with one attached hydrogen (secondary N) is 1. The summed E-state index contributed by atoms with van der Waals surface area (Å²) in [6, 6.07) is 15.0. The van der Waals surface area contributed by atoms with Crippen LogP contribution < -0.4 is 10.2 Å². The van der Waals surface area contributed by atoms with Crippen molar-refractivity contribution in [2.45, 2.75) is 32.7 Å². The Morgan fingerprint density at radius 3 is 2.95 bits per heavy atom. The molecule has 1 aromatic heterocycles. The third kappa shape index (κ3) is 3.24. The summed E-state index contributed by atoms with van der Waals surface area (Å²) in [5, 5.41) is 3.42. The number of pyridine rings is 1. The molecule has 0 saturated heterocycles. The first-order chi connectivity index (χ1) is 10.4. The standard InChI is InChI=1S/C18H23N3/c1-2-12-19-14-16-9-5-11-18(20-16)21-13-6-8-15-7-3-4-10-17(15)21/h3-5,7,9-11,19H,2,6,8,12-14H2,1H3. The van der Waals surface area contributed by atoms with E-state index in [1.807, 2.05) is 0 Å². The highest BCUT2D eigenvalue weighted by molar-refractivity contribution is 5.65. The highest BCUT2D eigenvalue weighted by atomic mass is 15.2. The molecule has 0 fully saturated rings. The Morgan fingerprint density at radius 2 is 2.05 bits per heavy atom. The molecule has 1 aliphatic heterocycles. The predicted octanol–water partition coefficient (Wildman–Crippen LogP) is 3.67. The summed E-state index contributed by atoms with van der Waals surface area (Å²) in [5.74, 6) is 1.07. The molecule has 2 heterocycles. The van der Waals surface area contributed by atoms with E-state index in [4.69, 9.17) is 4.98 Å². The second-order valence-corrected chi connectivity index (χ2v) is 5.55. The van der Waals surface area contributed by atoms with E-state index in [9.17, 15) is 0 Å². The first-order valence-electron chi connectivity index (χ1n) is 7.90. The number of fused-ring (bicyclic) bond motifs is 1. The molecule has 0 saturated carbocycles. The van der Waals surface area contributed by atoms with Crippen molar-refractivity contribution in [3.63, 3.8) is 0 Å². The van der Waals surface area contributed by atoms with E-state index in [1.165, 1.54) is 24.1 Å². The predicted molar refractivity (Wildman–Crippen MR) is 88.0 cm³/mol. The van der Waals surface area contributed by atoms with Crippen molar-refractivity contribution < 1.29 is 0 Å². The molecule has 0 unspecified atom stereocenters. The Bertz CT molecular complexity index is 595. The maximum atomic E-state index is 4.83. The minimum Gasteiger partial charge on any atom is -0.326 e. The molecule has 0 spiro atoms. The summed E-state index contributed by atoms with van der Waals surface area (Å²) in [6.07, 6.45) is 3.51. The number of aryl methyl sites for hydroxylation is 1. The summed E-state index contributed by atoms with van der Waals surface area (Å²) >= 11 is 0. The number of rotatable bonds is 5. The fraction of sp³-hybridized carbons (Fsp3) is 0.389. The van der Waals surface area contributed by atoms with Crippen LogP contribution in [0.15, 0.2) is 42.5 Å². The van der Waals surface area contributed by atoms with Gasteiger partial charge < -0.3 is 10.2 Å². The number of benzene rings is 1. The highest BCUT2D eigenvalue weighted by Gasteiger charge is 2.18. The van der Waals surface area contributed by atoms with Gasteiger partial charge in [-0.15, -0.1) is 0 Å². The van der Waals surface area contributed by atoms with Crippen LogP contribution in [0.1, 0.15) is 31.0 Å². The van der Waals surface area contributed by atoms with Gasteiger partial charge in [0.15, 0.2) is 0 Å². The van der Waals surface area contributed by atoms with Crippen LogP contribution in [0.4, 0.5) is 11.5 Å². The second kappa shape index (κ2) is 6.72. The lowest BCUT2D eigenvalue weighted by Gasteiger charge is -2.30. The van der Waals surface area contributed by atoms with Gasteiger partial charge in [0.05, 0.1) is 5.69 Å². The topological polar surface area (TPSA) is 28.2 Å². The Labute approximate surface area is 127 Å². The fourth-order valence-electron chi connectivity index (χ4n) is 2.88. The summed E-state index contributed by atoms with van der Waals surface area (Å²) < 4.78 is 0. The minimum absolute atomic E-state index is 0.844. The molecule has 1 N–H and O–H groups in total. The van der Waals surface area contributed by atoms with Crippen LogP contribution in [-0.4, -0.2) is 18.1 Å². The number of aromatic nitrogens is 1. The van der Waals surface area contributed by atoms with E-state index in [2.05, 4.69) is 59.6 Å². The van der Waals surface area contributed by atoms with Gasteiger partial charge in [-0.05, 0) is 49.6 Å². The van der Waals surface area contributed by atoms with Crippen LogP contribution in [0.3, 0.4) is 0 Å². The Balaban J connectivity index is 1.83. The molecular weight excluding hydrogens is 258 g/mol. The summed E-state index contributed by atoms with van der Waals surface area (Å²) in [4.78, 5) is 7.18. The maximum absolute atomic E-state index is 4.83. The van der Waals surface area contributed by atoms with Gasteiger partial charge in [-0.1, -0.05) is 31.2 Å². The number of para-hydroxylation sites is 1. The average Bonchev–Trinajstić information content (AvgIpc) is 2.55. The van der Waals surface area contributed by atoms with E-state index >= 15 is 0 Å². The van der Waals surface area contributed by atoms with Crippen LogP contribution in [0, 0.1) is 0 Å². The van der Waals surface area contributed by atoms with E-state index in [0.29, 0.717) is 0 Å². The third-order valence-electron chi connectivity index (χ3n) is 3.91. The lowest BCUT2D eigenvalue weighted by Crippen LogP contribution is -2.25. The molecule has 3 rings (SSSR count). The normalized spacial score (nSPS) is 14.0. The lowest BCUT2D eigenvalue weighted by molar-refractivity contribution is 0.663. The molecule has 0 bridgehead atoms. The lowest BCUT2D eigenvalue weighted by atomic mass is 10.0. The van der Waals surface area contributed by atoms with Gasteiger partial charge in [0.25, 0.3) is 0 Å². The summed E-state index contributed by atoms with van der Waals surface area (Å²) in [5.41, 5.74) is 3.86. The number of hydrogen-bond donors (Lipinski definition) is 1. The molecule has 21 heavy (non-hydrogen) atoms. The van der Waals surface area contributed by atoms with Crippen molar-refractivity contribution in [3.05, 3.63) is 53.7 Å². The van der Waals surface area contributed by atoms with Gasteiger partial charge >= 0.3 is 0 Å². The first kappa shape index (κ1) is 14.1. The molecule has 3 nitrogen and oxygen atoms in total. The molecule has 0 atom stereocenters. The molecular formula is C18H23N3. The molecule has 0 radical (unpaired) electrons. The van der Waals surface area contributed by atoms with Crippen molar-refractivity contribution >= 4 is 11.5 Å². The largest absolute Gasteiger partial charge is 0.326 e. The zero-order chi connectivity index (χ0) is 14.5. The van der Waals surface area contributed by atoms with Crippen molar-refractivity contribution in [1.82, 2.24) is 10.3 Å². The van der Waals surface area contributed by atoms with E-state index in [0.717, 1.165) is 37.6 Å². The zero-order valence-electron chi connectivity index (χ0n) is 12.7. The van der Waals surface area contributed by atoms with Gasteiger partial charge in [-0.3, -0.25) is 0 Å². The zero-order valence-corrected chi connectivity index (χ0v) is 12.7. The summed E-state index contributed by atoms with van der Waals surface area (Å²) in [7, 11) is 0. The van der Waals surface area contributed by atoms with Crippen LogP contribution in [-0.2, 0) is 13.0 Å². The quantitative estimate of drug-likeness (QED) is 0.848. The molecule has 1 aromatic carbocycles. The van der Waals surface area contributed by atoms with Crippen molar-refractivity contribution in [3.8, 4) is 0 Å². The van der Waals surface area contributed by atoms with Crippen LogP contribution in [0.5, 0.6) is 0 Å². The number of hydrogen-bond acceptors (Lipinski definition) is 3. The monoisotopic (exact) mass is 281 g/mol. The Morgan fingerprint density at radius 1 is 1.14 bits per heavy atom. The highest BCUT2D eigenvalue weighted by Crippen LogP contribution is 2.32. The van der Waals surface area contributed by atoms with Crippen molar-refractivity contribution in [1.29, 1.82) is 0 Å². The fourth-order valence-corrected chi connectivity index (χ4v) is 2.88. The maximum Gasteiger partial charge on any atom is 0.133 e. The minimum atomic E-state index is 0.844. The van der Waals surface area contributed by atoms with Crippen molar-refractivity contribution in [2.24, 2.45) is 0 Å². The number of nitrogens with zero attached hydrogens (tertiary/aromatic N) is 2. The Kier molecular flexibility index (Phi) is 4.51. The van der Waals surface area contributed by atoms with E-state index < -0.39 is 0 Å². The van der Waals surface area contributed by atoms with Crippen molar-refractivity contribution in [2.75, 3.05) is 18.0 Å². The SMILES string of the molecule is CCCNCc1cccc(N2CCCc3ccccc32)n1. The van der Waals surface area contributed by atoms with Gasteiger partial charge in [-0.25, -0.2) is 4.98 Å². The summed E-state index contributed by atoms with van der Waals surface area (Å²) in [6.45, 7) is 5.12. The van der Waals surface area contributed by atoms with Crippen LogP contribution in [0.25, 0.3) is 0 Å². The smallest absolute Gasteiger partial charge is 0.133 e. The first-order valence-corrected chi connectivity index (χ1v) is 7.90. The van der Waals surface area contributed by atoms with Gasteiger partial charge in [0.2, 0.25) is 0 Å². The van der Waals surface area contributed by atoms with Gasteiger partial charge in [0.1, 0.15) is 5.82 Å². The molecule has 3 heteroatoms. The van der Waals surface area contributed by atoms with E-state index in [1.54, 1.807) is 0 Å². The van der Waals surface area contributed by atoms with Crippen LogP contribution >= 0.6 is 0 Å². The number of anilines is 2.